The zero-order valence-electron chi connectivity index (χ0n) is 13.2. The van der Waals surface area contributed by atoms with Crippen LogP contribution in [0.3, 0.4) is 0 Å². The molecule has 1 heteroatoms. The zero-order chi connectivity index (χ0) is 14.5. The van der Waals surface area contributed by atoms with Gasteiger partial charge in [0.1, 0.15) is 0 Å². The molecule has 0 saturated heterocycles. The summed E-state index contributed by atoms with van der Waals surface area (Å²) in [4.78, 5) is 4.53. The topological polar surface area (TPSA) is 12.9 Å². The van der Waals surface area contributed by atoms with Crippen molar-refractivity contribution in [3.05, 3.63) is 53.9 Å². The summed E-state index contributed by atoms with van der Waals surface area (Å²) in [6.07, 6.45) is 9.50. The predicted octanol–water partition coefficient (Wildman–Crippen LogP) is 5.30. The molecule has 0 unspecified atom stereocenters. The van der Waals surface area contributed by atoms with Crippen LogP contribution in [0.15, 0.2) is 48.2 Å². The molecule has 1 rings (SSSR count). The minimum absolute atomic E-state index is 0.0700. The van der Waals surface area contributed by atoms with Gasteiger partial charge >= 0.3 is 0 Å². The molecule has 0 fully saturated rings. The van der Waals surface area contributed by atoms with Gasteiger partial charge in [-0.05, 0) is 43.4 Å². The molecule has 104 valence electrons. The quantitative estimate of drug-likeness (QED) is 0.652. The molecular weight excluding hydrogens is 230 g/mol. The number of hydrogen-bond acceptors (Lipinski definition) is 1. The fraction of sp³-hybridized carbons (Fsp3) is 0.500. The van der Waals surface area contributed by atoms with Crippen molar-refractivity contribution in [2.75, 3.05) is 0 Å². The summed E-state index contributed by atoms with van der Waals surface area (Å²) in [5.41, 5.74) is 2.76. The Morgan fingerprint density at radius 2 is 1.84 bits per heavy atom. The Labute approximate surface area is 118 Å². The van der Waals surface area contributed by atoms with Crippen molar-refractivity contribution in [1.29, 1.82) is 0 Å². The lowest BCUT2D eigenvalue weighted by Gasteiger charge is -2.35. The summed E-state index contributed by atoms with van der Waals surface area (Å²) < 4.78 is 0. The number of aromatic nitrogens is 1. The molecule has 1 heterocycles. The first-order chi connectivity index (χ1) is 8.83. The number of allylic oxidation sites excluding steroid dienone is 4. The third-order valence-corrected chi connectivity index (χ3v) is 3.68. The van der Waals surface area contributed by atoms with Crippen molar-refractivity contribution in [3.8, 4) is 0 Å². The van der Waals surface area contributed by atoms with Gasteiger partial charge in [-0.1, -0.05) is 52.0 Å². The van der Waals surface area contributed by atoms with Crippen molar-refractivity contribution in [1.82, 2.24) is 4.98 Å². The van der Waals surface area contributed by atoms with Crippen LogP contribution in [0, 0.1) is 5.41 Å². The number of rotatable bonds is 5. The Morgan fingerprint density at radius 3 is 2.32 bits per heavy atom. The molecule has 0 aliphatic heterocycles. The van der Waals surface area contributed by atoms with Gasteiger partial charge in [0.25, 0.3) is 0 Å². The predicted molar refractivity (Wildman–Crippen MR) is 84.2 cm³/mol. The summed E-state index contributed by atoms with van der Waals surface area (Å²) in [6.45, 7) is 13.4. The minimum atomic E-state index is 0.0700. The van der Waals surface area contributed by atoms with E-state index in [0.717, 1.165) is 6.42 Å². The van der Waals surface area contributed by atoms with Crippen molar-refractivity contribution < 1.29 is 0 Å². The summed E-state index contributed by atoms with van der Waals surface area (Å²) >= 11 is 0. The molecule has 1 aromatic heterocycles. The Morgan fingerprint density at radius 1 is 1.16 bits per heavy atom. The minimum Gasteiger partial charge on any atom is -0.261 e. The van der Waals surface area contributed by atoms with E-state index in [9.17, 15) is 0 Å². The highest BCUT2D eigenvalue weighted by Crippen LogP contribution is 2.40. The maximum Gasteiger partial charge on any atom is 0.0460 e. The van der Waals surface area contributed by atoms with Crippen molar-refractivity contribution in [3.63, 3.8) is 0 Å². The van der Waals surface area contributed by atoms with Crippen LogP contribution in [-0.2, 0) is 5.41 Å². The smallest absolute Gasteiger partial charge is 0.0460 e. The highest BCUT2D eigenvalue weighted by molar-refractivity contribution is 5.27. The standard InChI is InChI=1S/C18H27N/c1-7-11-15(8-2)17(3,4)14-18(5,6)16-12-9-10-13-19-16/h7-13H,14H2,1-6H3/b11-7-,15-8+. The molecule has 0 N–H and O–H groups in total. The molecule has 0 aliphatic carbocycles. The fourth-order valence-corrected chi connectivity index (χ4v) is 2.95. The Kier molecular flexibility index (Phi) is 5.11. The second-order valence-electron chi connectivity index (χ2n) is 6.40. The molecule has 0 aliphatic rings. The SMILES string of the molecule is C/C=C\C(=C/C)C(C)(C)CC(C)(C)c1ccccn1. The molecule has 0 atom stereocenters. The first-order valence-corrected chi connectivity index (χ1v) is 7.04. The molecular formula is C18H27N. The largest absolute Gasteiger partial charge is 0.261 e. The Hall–Kier alpha value is -1.37. The van der Waals surface area contributed by atoms with Gasteiger partial charge in [0.05, 0.1) is 0 Å². The van der Waals surface area contributed by atoms with E-state index in [4.69, 9.17) is 0 Å². The summed E-state index contributed by atoms with van der Waals surface area (Å²) in [7, 11) is 0. The monoisotopic (exact) mass is 257 g/mol. The molecule has 19 heavy (non-hydrogen) atoms. The summed E-state index contributed by atoms with van der Waals surface area (Å²) in [6, 6.07) is 6.17. The molecule has 0 radical (unpaired) electrons. The Balaban J connectivity index is 3.00. The molecule has 1 aromatic rings. The zero-order valence-corrected chi connectivity index (χ0v) is 13.2. The maximum absolute atomic E-state index is 4.53. The van der Waals surface area contributed by atoms with E-state index in [1.54, 1.807) is 0 Å². The molecule has 0 aromatic carbocycles. The van der Waals surface area contributed by atoms with Crippen LogP contribution in [0.5, 0.6) is 0 Å². The third kappa shape index (κ3) is 4.05. The van der Waals surface area contributed by atoms with Crippen molar-refractivity contribution >= 4 is 0 Å². The van der Waals surface area contributed by atoms with E-state index in [-0.39, 0.29) is 10.8 Å². The Bertz CT molecular complexity index is 450. The fourth-order valence-electron chi connectivity index (χ4n) is 2.95. The van der Waals surface area contributed by atoms with Crippen LogP contribution in [0.2, 0.25) is 0 Å². The van der Waals surface area contributed by atoms with E-state index in [2.05, 4.69) is 76.9 Å². The number of hydrogen-bond donors (Lipinski definition) is 0. The average Bonchev–Trinajstić information content (AvgIpc) is 2.35. The van der Waals surface area contributed by atoms with Crippen molar-refractivity contribution in [2.24, 2.45) is 5.41 Å². The van der Waals surface area contributed by atoms with Gasteiger partial charge in [0.15, 0.2) is 0 Å². The number of pyridine rings is 1. The third-order valence-electron chi connectivity index (χ3n) is 3.68. The van der Waals surface area contributed by atoms with E-state index in [1.807, 2.05) is 12.3 Å². The molecule has 0 saturated carbocycles. The van der Waals surface area contributed by atoms with E-state index >= 15 is 0 Å². The molecule has 0 bridgehead atoms. The highest BCUT2D eigenvalue weighted by Gasteiger charge is 2.32. The van der Waals surface area contributed by atoms with Crippen molar-refractivity contribution in [2.45, 2.75) is 53.4 Å². The lowest BCUT2D eigenvalue weighted by Crippen LogP contribution is -2.28. The van der Waals surface area contributed by atoms with Crippen LogP contribution in [-0.4, -0.2) is 4.98 Å². The van der Waals surface area contributed by atoms with E-state index in [0.29, 0.717) is 0 Å². The van der Waals surface area contributed by atoms with E-state index < -0.39 is 0 Å². The lowest BCUT2D eigenvalue weighted by atomic mass is 9.69. The van der Waals surface area contributed by atoms with Crippen LogP contribution in [0.4, 0.5) is 0 Å². The van der Waals surface area contributed by atoms with Gasteiger partial charge in [-0.15, -0.1) is 0 Å². The van der Waals surface area contributed by atoms with Gasteiger partial charge in [-0.2, -0.15) is 0 Å². The van der Waals surface area contributed by atoms with Gasteiger partial charge in [0.2, 0.25) is 0 Å². The van der Waals surface area contributed by atoms with E-state index in [1.165, 1.54) is 11.3 Å². The molecule has 0 spiro atoms. The second kappa shape index (κ2) is 6.18. The van der Waals surface area contributed by atoms with Crippen LogP contribution in [0.25, 0.3) is 0 Å². The second-order valence-corrected chi connectivity index (χ2v) is 6.40. The van der Waals surface area contributed by atoms with Gasteiger partial charge in [0, 0.05) is 17.3 Å². The summed E-state index contributed by atoms with van der Waals surface area (Å²) in [5.74, 6) is 0. The van der Waals surface area contributed by atoms with Crippen LogP contribution < -0.4 is 0 Å². The van der Waals surface area contributed by atoms with Gasteiger partial charge in [-0.25, -0.2) is 0 Å². The average molecular weight is 257 g/mol. The van der Waals surface area contributed by atoms with Gasteiger partial charge < -0.3 is 0 Å². The van der Waals surface area contributed by atoms with Crippen LogP contribution in [0.1, 0.15) is 53.7 Å². The molecule has 1 nitrogen and oxygen atoms in total. The van der Waals surface area contributed by atoms with Crippen LogP contribution >= 0.6 is 0 Å². The maximum atomic E-state index is 4.53. The highest BCUT2D eigenvalue weighted by atomic mass is 14.7. The first kappa shape index (κ1) is 15.7. The molecule has 0 amide bonds. The number of nitrogens with zero attached hydrogens (tertiary/aromatic N) is 1. The normalized spacial score (nSPS) is 14.1. The first-order valence-electron chi connectivity index (χ1n) is 7.04. The summed E-state index contributed by atoms with van der Waals surface area (Å²) in [5, 5.41) is 0. The van der Waals surface area contributed by atoms with Gasteiger partial charge in [-0.3, -0.25) is 4.98 Å². The lowest BCUT2D eigenvalue weighted by molar-refractivity contribution is 0.304.